The lowest BCUT2D eigenvalue weighted by Gasteiger charge is -2.14. The van der Waals surface area contributed by atoms with Gasteiger partial charge in [-0.3, -0.25) is 0 Å². The number of thioether (sulfide) groups is 1. The minimum Gasteiger partial charge on any atom is -0.312 e. The van der Waals surface area contributed by atoms with Gasteiger partial charge in [0.05, 0.1) is 6.04 Å². The van der Waals surface area contributed by atoms with Crippen LogP contribution in [0.25, 0.3) is 0 Å². The zero-order chi connectivity index (χ0) is 13.0. The summed E-state index contributed by atoms with van der Waals surface area (Å²) in [5.41, 5.74) is 0. The molecular weight excluding hydrogens is 265 g/mol. The van der Waals surface area contributed by atoms with Crippen molar-refractivity contribution < 1.29 is 4.39 Å². The second-order valence-corrected chi connectivity index (χ2v) is 6.47. The van der Waals surface area contributed by atoms with Gasteiger partial charge in [-0.05, 0) is 44.3 Å². The van der Waals surface area contributed by atoms with Crippen LogP contribution in [-0.4, -0.2) is 12.8 Å². The molecule has 0 aliphatic heterocycles. The van der Waals surface area contributed by atoms with Crippen LogP contribution < -0.4 is 5.32 Å². The maximum atomic E-state index is 13.1. The summed E-state index contributed by atoms with van der Waals surface area (Å²) in [5.74, 6) is 0.730. The smallest absolute Gasteiger partial charge is 0.124 e. The number of rotatable bonds is 5. The van der Waals surface area contributed by atoms with Crippen LogP contribution >= 0.6 is 23.1 Å². The van der Waals surface area contributed by atoms with Crippen LogP contribution in [0.3, 0.4) is 0 Å². The maximum absolute atomic E-state index is 13.1. The van der Waals surface area contributed by atoms with E-state index in [1.54, 1.807) is 23.9 Å². The average Bonchev–Trinajstić information content (AvgIpc) is 2.77. The van der Waals surface area contributed by atoms with E-state index in [1.807, 2.05) is 24.5 Å². The lowest BCUT2D eigenvalue weighted by atomic mass is 10.3. The molecule has 96 valence electrons. The van der Waals surface area contributed by atoms with Crippen molar-refractivity contribution in [3.8, 4) is 0 Å². The highest BCUT2D eigenvalue weighted by atomic mass is 32.2. The Labute approximate surface area is 115 Å². The van der Waals surface area contributed by atoms with Crippen molar-refractivity contribution in [2.24, 2.45) is 0 Å². The third-order valence-corrected chi connectivity index (χ3v) is 4.87. The number of thiophene rings is 1. The molecule has 1 atom stereocenters. The fourth-order valence-corrected chi connectivity index (χ4v) is 3.85. The molecule has 2 aromatic rings. The van der Waals surface area contributed by atoms with Crippen LogP contribution in [0.15, 0.2) is 41.3 Å². The molecule has 0 fully saturated rings. The molecule has 1 unspecified atom stereocenters. The van der Waals surface area contributed by atoms with Crippen LogP contribution in [0.4, 0.5) is 4.39 Å². The molecule has 18 heavy (non-hydrogen) atoms. The topological polar surface area (TPSA) is 12.0 Å². The van der Waals surface area contributed by atoms with Gasteiger partial charge in [0.15, 0.2) is 0 Å². The molecular formula is C14H16FNS2. The first-order valence-electron chi connectivity index (χ1n) is 5.81. The van der Waals surface area contributed by atoms with Crippen molar-refractivity contribution in [3.05, 3.63) is 52.0 Å². The van der Waals surface area contributed by atoms with Crippen molar-refractivity contribution >= 4 is 23.1 Å². The average molecular weight is 281 g/mol. The Balaban J connectivity index is 1.99. The molecule has 1 aromatic carbocycles. The van der Waals surface area contributed by atoms with Crippen molar-refractivity contribution in [1.29, 1.82) is 0 Å². The first-order valence-corrected chi connectivity index (χ1v) is 7.61. The Morgan fingerprint density at radius 3 is 2.78 bits per heavy atom. The van der Waals surface area contributed by atoms with E-state index in [4.69, 9.17) is 0 Å². The maximum Gasteiger partial charge on any atom is 0.124 e. The first-order chi connectivity index (χ1) is 8.69. The second-order valence-electron chi connectivity index (χ2n) is 4.06. The van der Waals surface area contributed by atoms with E-state index in [0.717, 1.165) is 10.6 Å². The fraction of sp³-hybridized carbons (Fsp3) is 0.286. The molecule has 1 nitrogen and oxygen atoms in total. The molecule has 0 radical (unpaired) electrons. The molecule has 0 spiro atoms. The molecule has 1 N–H and O–H groups in total. The highest BCUT2D eigenvalue weighted by Gasteiger charge is 2.11. The highest BCUT2D eigenvalue weighted by Crippen LogP contribution is 2.28. The SMILES string of the molecule is CNC(CSc1cccc(F)c1)c1ccc(C)s1. The number of halogens is 1. The number of benzene rings is 1. The summed E-state index contributed by atoms with van der Waals surface area (Å²) in [4.78, 5) is 3.63. The number of aryl methyl sites for hydroxylation is 1. The molecule has 1 aromatic heterocycles. The fourth-order valence-electron chi connectivity index (χ4n) is 1.68. The Bertz CT molecular complexity index is 510. The normalized spacial score (nSPS) is 12.6. The van der Waals surface area contributed by atoms with Crippen molar-refractivity contribution in [2.45, 2.75) is 17.9 Å². The van der Waals surface area contributed by atoms with E-state index in [1.165, 1.54) is 15.8 Å². The van der Waals surface area contributed by atoms with Gasteiger partial charge >= 0.3 is 0 Å². The third-order valence-electron chi connectivity index (χ3n) is 2.67. The summed E-state index contributed by atoms with van der Waals surface area (Å²) in [6.45, 7) is 2.11. The summed E-state index contributed by atoms with van der Waals surface area (Å²) in [5, 5.41) is 3.31. The van der Waals surface area contributed by atoms with Gasteiger partial charge in [0, 0.05) is 20.4 Å². The third kappa shape index (κ3) is 3.57. The van der Waals surface area contributed by atoms with Gasteiger partial charge in [-0.15, -0.1) is 23.1 Å². The molecule has 1 heterocycles. The summed E-state index contributed by atoms with van der Waals surface area (Å²) < 4.78 is 13.1. The zero-order valence-corrected chi connectivity index (χ0v) is 12.1. The quantitative estimate of drug-likeness (QED) is 0.822. The summed E-state index contributed by atoms with van der Waals surface area (Å²) in [7, 11) is 1.96. The molecule has 0 saturated heterocycles. The van der Waals surface area contributed by atoms with E-state index in [2.05, 4.69) is 24.4 Å². The van der Waals surface area contributed by atoms with E-state index in [-0.39, 0.29) is 5.82 Å². The first kappa shape index (κ1) is 13.6. The Hall–Kier alpha value is -0.840. The van der Waals surface area contributed by atoms with E-state index < -0.39 is 0 Å². The summed E-state index contributed by atoms with van der Waals surface area (Å²) >= 11 is 3.48. The monoisotopic (exact) mass is 281 g/mol. The van der Waals surface area contributed by atoms with E-state index >= 15 is 0 Å². The molecule has 2 rings (SSSR count). The van der Waals surface area contributed by atoms with Crippen molar-refractivity contribution in [3.63, 3.8) is 0 Å². The minimum absolute atomic E-state index is 0.173. The number of nitrogens with one attached hydrogen (secondary N) is 1. The van der Waals surface area contributed by atoms with Crippen LogP contribution in [0.5, 0.6) is 0 Å². The van der Waals surface area contributed by atoms with Gasteiger partial charge < -0.3 is 5.32 Å². The van der Waals surface area contributed by atoms with E-state index in [0.29, 0.717) is 6.04 Å². The van der Waals surface area contributed by atoms with Gasteiger partial charge in [-0.2, -0.15) is 0 Å². The molecule has 0 aliphatic carbocycles. The van der Waals surface area contributed by atoms with Gasteiger partial charge in [0.2, 0.25) is 0 Å². The molecule has 0 saturated carbocycles. The lowest BCUT2D eigenvalue weighted by Crippen LogP contribution is -2.17. The predicted octanol–water partition coefficient (Wildman–Crippen LogP) is 4.25. The summed E-state index contributed by atoms with van der Waals surface area (Å²) in [6.07, 6.45) is 0. The lowest BCUT2D eigenvalue weighted by molar-refractivity contribution is 0.624. The molecule has 0 amide bonds. The van der Waals surface area contributed by atoms with Gasteiger partial charge in [0.25, 0.3) is 0 Å². The van der Waals surface area contributed by atoms with Crippen LogP contribution in [0.2, 0.25) is 0 Å². The van der Waals surface area contributed by atoms with Gasteiger partial charge in [-0.25, -0.2) is 4.39 Å². The van der Waals surface area contributed by atoms with Gasteiger partial charge in [0.1, 0.15) is 5.82 Å². The minimum atomic E-state index is -0.173. The number of hydrogen-bond acceptors (Lipinski definition) is 3. The molecule has 4 heteroatoms. The van der Waals surface area contributed by atoms with Crippen LogP contribution in [0, 0.1) is 12.7 Å². The zero-order valence-electron chi connectivity index (χ0n) is 10.4. The molecule has 0 bridgehead atoms. The predicted molar refractivity (Wildman–Crippen MR) is 78.0 cm³/mol. The van der Waals surface area contributed by atoms with Crippen molar-refractivity contribution in [1.82, 2.24) is 5.32 Å². The number of hydrogen-bond donors (Lipinski definition) is 1. The standard InChI is InChI=1S/C14H16FNS2/c1-10-6-7-14(18-10)13(16-2)9-17-12-5-3-4-11(15)8-12/h3-8,13,16H,9H2,1-2H3. The molecule has 0 aliphatic rings. The van der Waals surface area contributed by atoms with Crippen LogP contribution in [0.1, 0.15) is 15.8 Å². The van der Waals surface area contributed by atoms with Crippen molar-refractivity contribution in [2.75, 3.05) is 12.8 Å². The highest BCUT2D eigenvalue weighted by molar-refractivity contribution is 7.99. The Morgan fingerprint density at radius 1 is 1.33 bits per heavy atom. The van der Waals surface area contributed by atoms with Crippen LogP contribution in [-0.2, 0) is 0 Å². The largest absolute Gasteiger partial charge is 0.312 e. The van der Waals surface area contributed by atoms with Gasteiger partial charge in [-0.1, -0.05) is 6.07 Å². The Kier molecular flexibility index (Phi) is 4.80. The van der Waals surface area contributed by atoms with E-state index in [9.17, 15) is 4.39 Å². The summed E-state index contributed by atoms with van der Waals surface area (Å²) in [6, 6.07) is 11.4. The Morgan fingerprint density at radius 2 is 2.17 bits per heavy atom. The second kappa shape index (κ2) is 6.36.